The lowest BCUT2D eigenvalue weighted by molar-refractivity contribution is -0.121. The van der Waals surface area contributed by atoms with Crippen LogP contribution in [0.5, 0.6) is 0 Å². The molecule has 0 fully saturated rings. The number of hydrogen-bond donors (Lipinski definition) is 1. The normalized spacial score (nSPS) is 11.0. The number of benzene rings is 1. The Balaban J connectivity index is 1.53. The summed E-state index contributed by atoms with van der Waals surface area (Å²) < 4.78 is 7.27. The predicted octanol–water partition coefficient (Wildman–Crippen LogP) is 3.37. The minimum Gasteiger partial charge on any atom is -0.383 e. The summed E-state index contributed by atoms with van der Waals surface area (Å²) in [6.07, 6.45) is 3.66. The van der Waals surface area contributed by atoms with Crippen molar-refractivity contribution in [3.8, 4) is 0 Å². The van der Waals surface area contributed by atoms with Crippen molar-refractivity contribution in [2.45, 2.75) is 32.4 Å². The molecule has 1 N–H and O–H groups in total. The number of ether oxygens (including phenoxy) is 1. The van der Waals surface area contributed by atoms with Crippen LogP contribution in [-0.2, 0) is 29.0 Å². The van der Waals surface area contributed by atoms with E-state index in [2.05, 4.69) is 19.9 Å². The van der Waals surface area contributed by atoms with Gasteiger partial charge in [-0.25, -0.2) is 9.97 Å². The van der Waals surface area contributed by atoms with Crippen LogP contribution >= 0.6 is 11.6 Å². The fraction of sp³-hybridized carbons (Fsp3) is 0.350. The number of carbonyl (C=O) groups is 1. The quantitative estimate of drug-likeness (QED) is 0.612. The van der Waals surface area contributed by atoms with Crippen LogP contribution in [0.25, 0.3) is 11.2 Å². The first-order chi connectivity index (χ1) is 13.2. The lowest BCUT2D eigenvalue weighted by Crippen LogP contribution is -2.22. The first kappa shape index (κ1) is 19.3. The van der Waals surface area contributed by atoms with E-state index >= 15 is 0 Å². The number of nitrogens with zero attached hydrogens (tertiary/aromatic N) is 3. The molecule has 3 rings (SSSR count). The highest BCUT2D eigenvalue weighted by Crippen LogP contribution is 2.15. The summed E-state index contributed by atoms with van der Waals surface area (Å²) in [4.78, 5) is 21.2. The van der Waals surface area contributed by atoms with Crippen LogP contribution in [0.1, 0.15) is 24.2 Å². The molecule has 0 aliphatic carbocycles. The highest BCUT2D eigenvalue weighted by Gasteiger charge is 2.12. The fourth-order valence-corrected chi connectivity index (χ4v) is 3.04. The zero-order chi connectivity index (χ0) is 19.1. The molecular weight excluding hydrogens is 364 g/mol. The number of methoxy groups -OCH3 is 1. The van der Waals surface area contributed by atoms with Crippen LogP contribution < -0.4 is 5.32 Å². The molecule has 0 saturated heterocycles. The smallest absolute Gasteiger partial charge is 0.220 e. The summed E-state index contributed by atoms with van der Waals surface area (Å²) >= 11 is 5.87. The number of aromatic nitrogens is 3. The van der Waals surface area contributed by atoms with Crippen LogP contribution in [0.4, 0.5) is 0 Å². The molecule has 2 heterocycles. The average molecular weight is 387 g/mol. The summed E-state index contributed by atoms with van der Waals surface area (Å²) in [6, 6.07) is 11.3. The number of hydrogen-bond acceptors (Lipinski definition) is 4. The van der Waals surface area contributed by atoms with E-state index in [0.29, 0.717) is 37.6 Å². The van der Waals surface area contributed by atoms with Crippen molar-refractivity contribution in [3.05, 3.63) is 59.0 Å². The Bertz CT molecular complexity index is 893. The zero-order valence-electron chi connectivity index (χ0n) is 15.3. The van der Waals surface area contributed by atoms with Crippen molar-refractivity contribution in [3.63, 3.8) is 0 Å². The second-order valence-electron chi connectivity index (χ2n) is 6.28. The highest BCUT2D eigenvalue weighted by atomic mass is 35.5. The standard InChI is InChI=1S/C20H23ClN4O2/c1-27-13-12-25-18(24-17-4-3-11-22-20(17)25)5-2-6-19(26)23-14-15-7-9-16(21)10-8-15/h3-4,7-11H,2,5-6,12-14H2,1H3,(H,23,26). The SMILES string of the molecule is COCCn1c(CCCC(=O)NCc2ccc(Cl)cc2)nc2cccnc21. The number of amides is 1. The van der Waals surface area contributed by atoms with Crippen LogP contribution in [0, 0.1) is 0 Å². The summed E-state index contributed by atoms with van der Waals surface area (Å²) in [5.74, 6) is 0.967. The van der Waals surface area contributed by atoms with Crippen molar-refractivity contribution >= 4 is 28.7 Å². The van der Waals surface area contributed by atoms with Crippen LogP contribution in [0.2, 0.25) is 5.02 Å². The monoisotopic (exact) mass is 386 g/mol. The average Bonchev–Trinajstić information content (AvgIpc) is 3.03. The van der Waals surface area contributed by atoms with Crippen LogP contribution in [0.15, 0.2) is 42.6 Å². The molecule has 0 unspecified atom stereocenters. The van der Waals surface area contributed by atoms with Gasteiger partial charge in [-0.3, -0.25) is 4.79 Å². The Hall–Kier alpha value is -2.44. The molecule has 0 aliphatic heterocycles. The molecule has 1 amide bonds. The molecule has 6 nitrogen and oxygen atoms in total. The lowest BCUT2D eigenvalue weighted by atomic mass is 10.2. The van der Waals surface area contributed by atoms with E-state index in [0.717, 1.165) is 29.0 Å². The summed E-state index contributed by atoms with van der Waals surface area (Å²) in [5.41, 5.74) is 2.76. The molecule has 7 heteroatoms. The Morgan fingerprint density at radius 1 is 1.26 bits per heavy atom. The largest absolute Gasteiger partial charge is 0.383 e. The maximum Gasteiger partial charge on any atom is 0.220 e. The van der Waals surface area contributed by atoms with Gasteiger partial charge in [0.1, 0.15) is 11.3 Å². The summed E-state index contributed by atoms with van der Waals surface area (Å²) in [6.45, 7) is 1.80. The third-order valence-corrected chi connectivity index (χ3v) is 4.56. The molecule has 0 radical (unpaired) electrons. The van der Waals surface area contributed by atoms with Gasteiger partial charge in [-0.15, -0.1) is 0 Å². The fourth-order valence-electron chi connectivity index (χ4n) is 2.91. The van der Waals surface area contributed by atoms with E-state index in [1.807, 2.05) is 36.4 Å². The number of pyridine rings is 1. The van der Waals surface area contributed by atoms with E-state index in [-0.39, 0.29) is 5.91 Å². The Morgan fingerprint density at radius 2 is 2.07 bits per heavy atom. The number of aryl methyl sites for hydroxylation is 1. The van der Waals surface area contributed by atoms with Gasteiger partial charge < -0.3 is 14.6 Å². The molecule has 1 aromatic carbocycles. The predicted molar refractivity (Wildman–Crippen MR) is 106 cm³/mol. The summed E-state index contributed by atoms with van der Waals surface area (Å²) in [5, 5.41) is 3.63. The van der Waals surface area contributed by atoms with Gasteiger partial charge >= 0.3 is 0 Å². The lowest BCUT2D eigenvalue weighted by Gasteiger charge is -2.08. The number of halogens is 1. The van der Waals surface area contributed by atoms with E-state index in [9.17, 15) is 4.79 Å². The minimum atomic E-state index is 0.0302. The third-order valence-electron chi connectivity index (χ3n) is 4.31. The summed E-state index contributed by atoms with van der Waals surface area (Å²) in [7, 11) is 1.68. The Kier molecular flexibility index (Phi) is 6.79. The first-order valence-electron chi connectivity index (χ1n) is 8.97. The van der Waals surface area contributed by atoms with Crippen molar-refractivity contribution in [2.24, 2.45) is 0 Å². The maximum atomic E-state index is 12.1. The molecular formula is C20H23ClN4O2. The number of imidazole rings is 1. The maximum absolute atomic E-state index is 12.1. The molecule has 0 atom stereocenters. The second-order valence-corrected chi connectivity index (χ2v) is 6.71. The van der Waals surface area contributed by atoms with Gasteiger partial charge in [0.15, 0.2) is 5.65 Å². The number of carbonyl (C=O) groups excluding carboxylic acids is 1. The molecule has 27 heavy (non-hydrogen) atoms. The molecule has 0 bridgehead atoms. The molecule has 3 aromatic rings. The van der Waals surface area contributed by atoms with Crippen molar-refractivity contribution in [2.75, 3.05) is 13.7 Å². The van der Waals surface area contributed by atoms with Crippen molar-refractivity contribution in [1.82, 2.24) is 19.9 Å². The molecule has 2 aromatic heterocycles. The van der Waals surface area contributed by atoms with E-state index in [1.54, 1.807) is 13.3 Å². The topological polar surface area (TPSA) is 69.0 Å². The van der Waals surface area contributed by atoms with Gasteiger partial charge in [-0.1, -0.05) is 23.7 Å². The van der Waals surface area contributed by atoms with Gasteiger partial charge in [-0.05, 0) is 36.2 Å². The third kappa shape index (κ3) is 5.28. The molecule has 0 saturated carbocycles. The van der Waals surface area contributed by atoms with Gasteiger partial charge in [-0.2, -0.15) is 0 Å². The van der Waals surface area contributed by atoms with Crippen LogP contribution in [-0.4, -0.2) is 34.2 Å². The number of rotatable bonds is 9. The highest BCUT2D eigenvalue weighted by molar-refractivity contribution is 6.30. The van der Waals surface area contributed by atoms with E-state index in [4.69, 9.17) is 16.3 Å². The van der Waals surface area contributed by atoms with Gasteiger partial charge in [0, 0.05) is 44.3 Å². The number of fused-ring (bicyclic) bond motifs is 1. The van der Waals surface area contributed by atoms with Crippen LogP contribution in [0.3, 0.4) is 0 Å². The minimum absolute atomic E-state index is 0.0302. The first-order valence-corrected chi connectivity index (χ1v) is 9.35. The van der Waals surface area contributed by atoms with Gasteiger partial charge in [0.05, 0.1) is 6.61 Å². The molecule has 0 spiro atoms. The Morgan fingerprint density at radius 3 is 2.85 bits per heavy atom. The van der Waals surface area contributed by atoms with E-state index < -0.39 is 0 Å². The van der Waals surface area contributed by atoms with Gasteiger partial charge in [0.25, 0.3) is 0 Å². The number of nitrogens with one attached hydrogen (secondary N) is 1. The van der Waals surface area contributed by atoms with Gasteiger partial charge in [0.2, 0.25) is 5.91 Å². The van der Waals surface area contributed by atoms with Crippen molar-refractivity contribution in [1.29, 1.82) is 0 Å². The Labute approximate surface area is 163 Å². The molecule has 142 valence electrons. The molecule has 0 aliphatic rings. The van der Waals surface area contributed by atoms with E-state index in [1.165, 1.54) is 0 Å². The second kappa shape index (κ2) is 9.48. The van der Waals surface area contributed by atoms with Crippen molar-refractivity contribution < 1.29 is 9.53 Å². The zero-order valence-corrected chi connectivity index (χ0v) is 16.1.